The van der Waals surface area contributed by atoms with Crippen molar-refractivity contribution in [3.05, 3.63) is 155 Å². The Morgan fingerprint density at radius 1 is 0.640 bits per heavy atom. The van der Waals surface area contributed by atoms with Crippen molar-refractivity contribution in [2.75, 3.05) is 0 Å². The molecule has 50 heavy (non-hydrogen) atoms. The van der Waals surface area contributed by atoms with Gasteiger partial charge in [-0.3, -0.25) is 20.0 Å². The smallest absolute Gasteiger partial charge is 0.130 e. The van der Waals surface area contributed by atoms with Gasteiger partial charge in [-0.15, -0.1) is 24.0 Å². The van der Waals surface area contributed by atoms with Crippen LogP contribution in [0, 0.1) is 0 Å². The summed E-state index contributed by atoms with van der Waals surface area (Å²) in [5.41, 5.74) is 10.7. The number of fused-ring (bicyclic) bond motifs is 4. The summed E-state index contributed by atoms with van der Waals surface area (Å²) in [5, 5.41) is 2.28. The molecule has 2 radical (unpaired) electrons. The number of para-hydroxylation sites is 2. The van der Waals surface area contributed by atoms with Crippen molar-refractivity contribution in [2.45, 2.75) is 48.4 Å². The highest BCUT2D eigenvalue weighted by atomic mass is 128. The van der Waals surface area contributed by atoms with Crippen LogP contribution in [-0.2, 0) is 9.65 Å². The van der Waals surface area contributed by atoms with Crippen LogP contribution < -0.4 is 0 Å². The first-order valence-corrected chi connectivity index (χ1v) is 23.5. The Bertz CT molecular complexity index is 2210. The van der Waals surface area contributed by atoms with Gasteiger partial charge < -0.3 is 0 Å². The molecule has 2 aliphatic heterocycles. The third kappa shape index (κ3) is 8.39. The van der Waals surface area contributed by atoms with Gasteiger partial charge >= 0.3 is 0 Å². The van der Waals surface area contributed by atoms with Gasteiger partial charge in [-0.2, -0.15) is 0 Å². The van der Waals surface area contributed by atoms with Crippen LogP contribution in [0.15, 0.2) is 132 Å². The van der Waals surface area contributed by atoms with Crippen molar-refractivity contribution in [1.82, 2.24) is 9.97 Å². The Morgan fingerprint density at radius 3 is 1.68 bits per heavy atom. The fourth-order valence-electron chi connectivity index (χ4n) is 6.32. The Kier molecular flexibility index (Phi) is 13.4. The minimum absolute atomic E-state index is 0. The Hall–Kier alpha value is -1.75. The van der Waals surface area contributed by atoms with Crippen LogP contribution in [0.1, 0.15) is 61.1 Å². The molecule has 4 nitrogen and oxygen atoms in total. The summed E-state index contributed by atoms with van der Waals surface area (Å²) in [7, 11) is 3.75. The summed E-state index contributed by atoms with van der Waals surface area (Å²) in [6.07, 6.45) is 4.84. The minimum atomic E-state index is -0.391. The number of benzene rings is 4. The zero-order chi connectivity index (χ0) is 36.1. The van der Waals surface area contributed by atoms with E-state index in [1.807, 2.05) is 48.8 Å². The van der Waals surface area contributed by atoms with Crippen LogP contribution in [0.2, 0.25) is 0 Å². The molecule has 0 amide bonds. The molecule has 0 unspecified atom stereocenters. The third-order valence-electron chi connectivity index (χ3n) is 8.72. The highest BCUT2D eigenvalue weighted by molar-refractivity contribution is 15.0. The molecular weight excluding hydrogens is 1090 g/mol. The van der Waals surface area contributed by atoms with Crippen molar-refractivity contribution in [3.8, 4) is 0 Å². The predicted molar refractivity (Wildman–Crippen MR) is 250 cm³/mol. The second-order valence-corrected chi connectivity index (χ2v) is 16.5. The number of rotatable bonds is 2. The molecule has 0 bridgehead atoms. The maximum Gasteiger partial charge on any atom is 0.130 e. The maximum atomic E-state index is 5.25. The number of pyridine rings is 2. The molecule has 0 N–H and O–H groups in total. The van der Waals surface area contributed by atoms with E-state index in [1.54, 1.807) is 0 Å². The lowest BCUT2D eigenvalue weighted by molar-refractivity contribution is 0.485. The third-order valence-corrected chi connectivity index (χ3v) is 11.5. The first kappa shape index (κ1) is 39.5. The van der Waals surface area contributed by atoms with Crippen molar-refractivity contribution in [1.29, 1.82) is 1.34 Å². The van der Waals surface area contributed by atoms with Crippen LogP contribution in [0.5, 0.6) is 0 Å². The average molecular weight is 1130 g/mol. The Labute approximate surface area is 355 Å². The zero-order valence-electron chi connectivity index (χ0n) is 29.0. The monoisotopic (exact) mass is 1120 g/mol. The average Bonchev–Trinajstić information content (AvgIpc) is 3.14. The fourth-order valence-corrected chi connectivity index (χ4v) is 7.19. The molecule has 0 spiro atoms. The highest BCUT2D eigenvalue weighted by Gasteiger charge is 2.47. The summed E-state index contributed by atoms with van der Waals surface area (Å²) in [6.45, 7) is 8.64. The molecule has 0 saturated heterocycles. The quantitative estimate of drug-likeness (QED) is 0.0986. The molecule has 254 valence electrons. The van der Waals surface area contributed by atoms with Gasteiger partial charge in [-0.25, -0.2) is 0 Å². The van der Waals surface area contributed by atoms with Gasteiger partial charge in [0.1, 0.15) is 3.23 Å². The number of hydrogen-bond acceptors (Lipinski definition) is 4. The van der Waals surface area contributed by atoms with Crippen LogP contribution in [-0.4, -0.2) is 42.2 Å². The van der Waals surface area contributed by atoms with E-state index in [0.29, 0.717) is 0 Å². The Balaban J connectivity index is 0.000000206. The van der Waals surface area contributed by atoms with Crippen LogP contribution >= 0.6 is 93.1 Å². The van der Waals surface area contributed by atoms with Gasteiger partial charge in [-0.05, 0) is 70.8 Å². The van der Waals surface area contributed by atoms with E-state index in [1.165, 1.54) is 16.7 Å². The SMILES string of the molecule is CC1(C)Cc2ccccc2C(c2cnc3ccccc3c2)=N1.CC1(C)N=C(c2cnc3ccccc3c2)c2ccccc2C1(Br)Br.I.II.[2H][B]. The number of aromatic nitrogens is 2. The lowest BCUT2D eigenvalue weighted by Crippen LogP contribution is -2.41. The number of hydrogen-bond donors (Lipinski definition) is 0. The summed E-state index contributed by atoms with van der Waals surface area (Å²) in [6, 6.07) is 37.7. The normalized spacial score (nSPS) is 16.0. The van der Waals surface area contributed by atoms with E-state index < -0.39 is 3.23 Å². The molecule has 0 saturated carbocycles. The molecule has 2 aromatic heterocycles. The lowest BCUT2D eigenvalue weighted by atomic mass is 9.85. The first-order valence-electron chi connectivity index (χ1n) is 16.2. The van der Waals surface area contributed by atoms with Gasteiger partial charge in [-0.1, -0.05) is 117 Å². The lowest BCUT2D eigenvalue weighted by Gasteiger charge is -2.41. The Morgan fingerprint density at radius 2 is 1.10 bits per heavy atom. The van der Waals surface area contributed by atoms with E-state index in [-0.39, 0.29) is 35.1 Å². The molecular formula is C40H36BBr2I3N4. The largest absolute Gasteiger partial charge is 0.278 e. The maximum absolute atomic E-state index is 5.25. The van der Waals surface area contributed by atoms with Gasteiger partial charge in [0.2, 0.25) is 0 Å². The van der Waals surface area contributed by atoms with E-state index in [0.717, 1.165) is 56.3 Å². The number of nitrogens with zero attached hydrogens (tertiary/aromatic N) is 4. The van der Waals surface area contributed by atoms with E-state index in [9.17, 15) is 0 Å². The van der Waals surface area contributed by atoms with Gasteiger partial charge in [0.25, 0.3) is 0 Å². The molecule has 8 rings (SSSR count). The van der Waals surface area contributed by atoms with Gasteiger partial charge in [0.05, 0.1) is 33.5 Å². The first-order chi connectivity index (χ1) is 24.0. The van der Waals surface area contributed by atoms with Gasteiger partial charge in [0.15, 0.2) is 0 Å². The van der Waals surface area contributed by atoms with Gasteiger partial charge in [0, 0.05) is 91.0 Å². The summed E-state index contributed by atoms with van der Waals surface area (Å²) in [4.78, 5) is 19.3. The number of halogens is 5. The topological polar surface area (TPSA) is 50.5 Å². The molecule has 6 aromatic rings. The number of aliphatic imine (C=N–C) groups is 2. The minimum Gasteiger partial charge on any atom is -0.278 e. The van der Waals surface area contributed by atoms with Crippen LogP contribution in [0.25, 0.3) is 21.8 Å². The molecule has 10 heteroatoms. The second kappa shape index (κ2) is 16.9. The van der Waals surface area contributed by atoms with Crippen molar-refractivity contribution in [2.24, 2.45) is 9.98 Å². The predicted octanol–water partition coefficient (Wildman–Crippen LogP) is 12.0. The molecule has 0 atom stereocenters. The zero-order valence-corrected chi connectivity index (χ0v) is 37.9. The summed E-state index contributed by atoms with van der Waals surface area (Å²) >= 11 is 11.9. The van der Waals surface area contributed by atoms with Crippen molar-refractivity contribution >= 4 is 135 Å². The van der Waals surface area contributed by atoms with Crippen molar-refractivity contribution < 1.29 is 0 Å². The van der Waals surface area contributed by atoms with E-state index in [4.69, 9.17) is 11.3 Å². The van der Waals surface area contributed by atoms with Crippen LogP contribution in [0.3, 0.4) is 0 Å². The molecule has 4 heterocycles. The molecule has 0 aliphatic carbocycles. The van der Waals surface area contributed by atoms with Crippen LogP contribution in [0.4, 0.5) is 0 Å². The standard InChI is InChI=1S/C20H16Br2N2.C20H18N2.BH.I2.HI/c1-19(2)20(21,22)16-9-5-4-8-15(16)18(24-19)14-11-13-7-3-6-10-17(13)23-12-14;1-20(2)12-15-8-3-5-9-17(15)19(22-20)16-11-14-7-4-6-10-18(14)21-13-16;;1-2;/h3-12H,1-2H3;3-11,13H,12H2,1-2H3;1H;;1H/i;;1D;;. The highest BCUT2D eigenvalue weighted by Crippen LogP contribution is 2.53. The van der Waals surface area contributed by atoms with Crippen molar-refractivity contribution in [3.63, 3.8) is 0 Å². The summed E-state index contributed by atoms with van der Waals surface area (Å²) in [5.74, 6) is 0. The van der Waals surface area contributed by atoms with E-state index >= 15 is 0 Å². The number of alkyl halides is 2. The van der Waals surface area contributed by atoms with E-state index in [2.05, 4.69) is 188 Å². The second-order valence-electron chi connectivity index (χ2n) is 13.1. The molecule has 2 aliphatic rings. The molecule has 0 fully saturated rings. The summed E-state index contributed by atoms with van der Waals surface area (Å²) < 4.78 is 4.86. The molecule has 4 aromatic carbocycles. The fraction of sp³-hybridized carbons (Fsp3) is 0.200.